The van der Waals surface area contributed by atoms with Gasteiger partial charge in [-0.3, -0.25) is 4.90 Å². The Labute approximate surface area is 157 Å². The molecule has 1 unspecified atom stereocenters. The van der Waals surface area contributed by atoms with Crippen LogP contribution in [0.2, 0.25) is 0 Å². The van der Waals surface area contributed by atoms with Crippen molar-refractivity contribution in [2.45, 2.75) is 59.7 Å². The summed E-state index contributed by atoms with van der Waals surface area (Å²) in [5.41, 5.74) is 5.61. The lowest BCUT2D eigenvalue weighted by molar-refractivity contribution is 0.185. The Morgan fingerprint density at radius 2 is 1.85 bits per heavy atom. The van der Waals surface area contributed by atoms with Gasteiger partial charge in [0.05, 0.1) is 6.04 Å². The van der Waals surface area contributed by atoms with Crippen LogP contribution < -0.4 is 5.32 Å². The van der Waals surface area contributed by atoms with Gasteiger partial charge < -0.3 is 9.88 Å². The third-order valence-corrected chi connectivity index (χ3v) is 5.80. The number of nitrogens with zero attached hydrogens (tertiary/aromatic N) is 4. The van der Waals surface area contributed by atoms with E-state index in [-0.39, 0.29) is 6.04 Å². The van der Waals surface area contributed by atoms with Crippen molar-refractivity contribution in [3.05, 3.63) is 46.5 Å². The predicted molar refractivity (Wildman–Crippen MR) is 106 cm³/mol. The van der Waals surface area contributed by atoms with E-state index >= 15 is 0 Å². The number of aromatic nitrogens is 3. The molecular weight excluding hydrogens is 322 g/mol. The summed E-state index contributed by atoms with van der Waals surface area (Å²) in [6.07, 6.45) is 4.41. The molecule has 2 heterocycles. The highest BCUT2D eigenvalue weighted by molar-refractivity contribution is 5.37. The average Bonchev–Trinajstić information content (AvgIpc) is 3.04. The first-order valence-electron chi connectivity index (χ1n) is 9.82. The van der Waals surface area contributed by atoms with Gasteiger partial charge in [-0.2, -0.15) is 0 Å². The summed E-state index contributed by atoms with van der Waals surface area (Å²) in [5, 5.41) is 11.8. The fourth-order valence-corrected chi connectivity index (χ4v) is 3.81. The van der Waals surface area contributed by atoms with Crippen LogP contribution in [-0.4, -0.2) is 32.8 Å². The van der Waals surface area contributed by atoms with Crippen molar-refractivity contribution in [1.29, 1.82) is 0 Å². The maximum absolute atomic E-state index is 4.21. The number of aryl methyl sites for hydroxylation is 3. The third kappa shape index (κ3) is 4.51. The molecule has 1 fully saturated rings. The standard InChI is InChI=1S/C21H33N5/c1-15-6-8-26(9-7-15)13-20-11-19(16(2)10-17(20)3)12-22-18(4)21-24-23-14-25(21)5/h10-11,14-15,18,22H,6-9,12-13H2,1-5H3. The quantitative estimate of drug-likeness (QED) is 0.861. The lowest BCUT2D eigenvalue weighted by Crippen LogP contribution is -2.32. The Balaban J connectivity index is 1.66. The molecule has 0 saturated carbocycles. The summed E-state index contributed by atoms with van der Waals surface area (Å²) < 4.78 is 1.97. The van der Waals surface area contributed by atoms with Gasteiger partial charge in [0, 0.05) is 20.1 Å². The molecule has 1 atom stereocenters. The zero-order valence-electron chi connectivity index (χ0n) is 16.9. The Morgan fingerprint density at radius 1 is 1.15 bits per heavy atom. The molecule has 26 heavy (non-hydrogen) atoms. The number of hydrogen-bond acceptors (Lipinski definition) is 4. The summed E-state index contributed by atoms with van der Waals surface area (Å²) in [6, 6.07) is 4.92. The van der Waals surface area contributed by atoms with Crippen molar-refractivity contribution < 1.29 is 0 Å². The zero-order valence-corrected chi connectivity index (χ0v) is 16.9. The van der Waals surface area contributed by atoms with Crippen LogP contribution in [-0.2, 0) is 20.1 Å². The maximum Gasteiger partial charge on any atom is 0.149 e. The second-order valence-electron chi connectivity index (χ2n) is 8.07. The minimum Gasteiger partial charge on any atom is -0.319 e. The smallest absolute Gasteiger partial charge is 0.149 e. The van der Waals surface area contributed by atoms with Crippen LogP contribution >= 0.6 is 0 Å². The van der Waals surface area contributed by atoms with Crippen molar-refractivity contribution in [2.75, 3.05) is 13.1 Å². The van der Waals surface area contributed by atoms with E-state index in [1.54, 1.807) is 6.33 Å². The number of piperidine rings is 1. The van der Waals surface area contributed by atoms with E-state index < -0.39 is 0 Å². The van der Waals surface area contributed by atoms with Gasteiger partial charge in [0.2, 0.25) is 0 Å². The van der Waals surface area contributed by atoms with Gasteiger partial charge in [-0.1, -0.05) is 19.1 Å². The van der Waals surface area contributed by atoms with Gasteiger partial charge in [0.1, 0.15) is 12.2 Å². The molecule has 1 N–H and O–H groups in total. The molecule has 1 aliphatic heterocycles. The molecule has 0 amide bonds. The molecule has 1 aromatic carbocycles. The molecule has 0 spiro atoms. The van der Waals surface area contributed by atoms with Crippen LogP contribution in [0.15, 0.2) is 18.5 Å². The van der Waals surface area contributed by atoms with E-state index in [9.17, 15) is 0 Å². The molecule has 142 valence electrons. The van der Waals surface area contributed by atoms with E-state index in [2.05, 4.69) is 60.2 Å². The number of rotatable bonds is 6. The molecule has 0 bridgehead atoms. The number of likely N-dealkylation sites (tertiary alicyclic amines) is 1. The topological polar surface area (TPSA) is 46.0 Å². The summed E-state index contributed by atoms with van der Waals surface area (Å²) in [6.45, 7) is 13.4. The molecule has 5 heteroatoms. The lowest BCUT2D eigenvalue weighted by Gasteiger charge is -2.31. The molecule has 5 nitrogen and oxygen atoms in total. The third-order valence-electron chi connectivity index (χ3n) is 5.80. The minimum absolute atomic E-state index is 0.176. The van der Waals surface area contributed by atoms with Crippen molar-refractivity contribution in [3.8, 4) is 0 Å². The molecular formula is C21H33N5. The SMILES string of the molecule is Cc1cc(C)c(CN2CCC(C)CC2)cc1CNC(C)c1nncn1C. The Morgan fingerprint density at radius 3 is 2.50 bits per heavy atom. The van der Waals surface area contributed by atoms with Gasteiger partial charge in [0.25, 0.3) is 0 Å². The fraction of sp³-hybridized carbons (Fsp3) is 0.619. The second kappa shape index (κ2) is 8.31. The molecule has 0 radical (unpaired) electrons. The fourth-order valence-electron chi connectivity index (χ4n) is 3.81. The van der Waals surface area contributed by atoms with E-state index in [0.29, 0.717) is 0 Å². The monoisotopic (exact) mass is 355 g/mol. The minimum atomic E-state index is 0.176. The molecule has 1 aliphatic rings. The first-order valence-corrected chi connectivity index (χ1v) is 9.82. The van der Waals surface area contributed by atoms with Crippen LogP contribution in [0.25, 0.3) is 0 Å². The predicted octanol–water partition coefficient (Wildman–Crippen LogP) is 3.51. The van der Waals surface area contributed by atoms with Crippen LogP contribution in [0.3, 0.4) is 0 Å². The normalized spacial score (nSPS) is 17.6. The first-order chi connectivity index (χ1) is 12.4. The van der Waals surface area contributed by atoms with E-state index in [1.165, 1.54) is 48.2 Å². The number of nitrogens with one attached hydrogen (secondary N) is 1. The van der Waals surface area contributed by atoms with Gasteiger partial charge >= 0.3 is 0 Å². The van der Waals surface area contributed by atoms with Crippen LogP contribution in [0.1, 0.15) is 60.8 Å². The van der Waals surface area contributed by atoms with Crippen molar-refractivity contribution >= 4 is 0 Å². The molecule has 1 aromatic heterocycles. The first kappa shape index (κ1) is 19.1. The second-order valence-corrected chi connectivity index (χ2v) is 8.07. The van der Waals surface area contributed by atoms with E-state index in [1.807, 2.05) is 11.6 Å². The maximum atomic E-state index is 4.21. The zero-order chi connectivity index (χ0) is 18.7. The number of benzene rings is 1. The largest absolute Gasteiger partial charge is 0.319 e. The Kier molecular flexibility index (Phi) is 6.09. The molecule has 1 saturated heterocycles. The highest BCUT2D eigenvalue weighted by Crippen LogP contribution is 2.22. The van der Waals surface area contributed by atoms with Crippen molar-refractivity contribution in [2.24, 2.45) is 13.0 Å². The summed E-state index contributed by atoms with van der Waals surface area (Å²) in [4.78, 5) is 2.61. The highest BCUT2D eigenvalue weighted by Gasteiger charge is 2.17. The summed E-state index contributed by atoms with van der Waals surface area (Å²) in [5.74, 6) is 1.85. The van der Waals surface area contributed by atoms with Gasteiger partial charge in [0.15, 0.2) is 0 Å². The summed E-state index contributed by atoms with van der Waals surface area (Å²) in [7, 11) is 1.99. The lowest BCUT2D eigenvalue weighted by atomic mass is 9.96. The summed E-state index contributed by atoms with van der Waals surface area (Å²) >= 11 is 0. The van der Waals surface area contributed by atoms with Crippen LogP contribution in [0.5, 0.6) is 0 Å². The van der Waals surface area contributed by atoms with Crippen molar-refractivity contribution in [3.63, 3.8) is 0 Å². The average molecular weight is 356 g/mol. The van der Waals surface area contributed by atoms with Gasteiger partial charge in [-0.15, -0.1) is 10.2 Å². The Bertz CT molecular complexity index is 728. The number of hydrogen-bond donors (Lipinski definition) is 1. The molecule has 0 aliphatic carbocycles. The highest BCUT2D eigenvalue weighted by atomic mass is 15.3. The van der Waals surface area contributed by atoms with Crippen LogP contribution in [0.4, 0.5) is 0 Å². The molecule has 3 rings (SSSR count). The van der Waals surface area contributed by atoms with Crippen LogP contribution in [0, 0.1) is 19.8 Å². The van der Waals surface area contributed by atoms with E-state index in [4.69, 9.17) is 0 Å². The van der Waals surface area contributed by atoms with Gasteiger partial charge in [-0.25, -0.2) is 0 Å². The van der Waals surface area contributed by atoms with Gasteiger partial charge in [-0.05, 0) is 74.9 Å². The molecule has 2 aromatic rings. The Hall–Kier alpha value is -1.72. The van der Waals surface area contributed by atoms with Crippen molar-refractivity contribution in [1.82, 2.24) is 25.0 Å². The van der Waals surface area contributed by atoms with E-state index in [0.717, 1.165) is 24.8 Å².